The maximum Gasteiger partial charge on any atom is 0.307 e. The number of aliphatic carboxylic acids is 1. The molecule has 0 bridgehead atoms. The molecule has 5 heteroatoms. The molecule has 0 aromatic heterocycles. The zero-order valence-electron chi connectivity index (χ0n) is 12.1. The van der Waals surface area contributed by atoms with Gasteiger partial charge in [-0.15, -0.1) is 0 Å². The minimum atomic E-state index is -0.914. The van der Waals surface area contributed by atoms with Crippen molar-refractivity contribution in [2.45, 2.75) is 32.6 Å². The number of benzene rings is 1. The Balaban J connectivity index is 2.24. The Bertz CT molecular complexity index is 532. The minimum absolute atomic E-state index is 0.213. The molecule has 1 aliphatic rings. The number of rotatable bonds is 4. The minimum Gasteiger partial charge on any atom is -0.481 e. The monoisotopic (exact) mass is 293 g/mol. The summed E-state index contributed by atoms with van der Waals surface area (Å²) < 4.78 is 13.3. The smallest absolute Gasteiger partial charge is 0.307 e. The lowest BCUT2D eigenvalue weighted by atomic mass is 9.78. The van der Waals surface area contributed by atoms with Gasteiger partial charge in [-0.1, -0.05) is 18.9 Å². The molecule has 114 valence electrons. The number of carbonyl (C=O) groups is 2. The molecule has 1 N–H and O–H groups in total. The quantitative estimate of drug-likeness (QED) is 0.928. The fourth-order valence-electron chi connectivity index (χ4n) is 3.03. The highest BCUT2D eigenvalue weighted by molar-refractivity contribution is 5.97. The molecule has 1 aromatic carbocycles. The first-order chi connectivity index (χ1) is 10.0. The molecular formula is C16H20FNO3. The van der Waals surface area contributed by atoms with Gasteiger partial charge in [-0.3, -0.25) is 9.59 Å². The van der Waals surface area contributed by atoms with Crippen LogP contribution in [-0.2, 0) is 9.59 Å². The van der Waals surface area contributed by atoms with Crippen molar-refractivity contribution in [3.63, 3.8) is 0 Å². The fourth-order valence-corrected chi connectivity index (χ4v) is 3.03. The molecule has 2 rings (SSSR count). The summed E-state index contributed by atoms with van der Waals surface area (Å²) in [7, 11) is 0. The lowest BCUT2D eigenvalue weighted by Crippen LogP contribution is -2.42. The number of halogens is 1. The Morgan fingerprint density at radius 2 is 1.95 bits per heavy atom. The summed E-state index contributed by atoms with van der Waals surface area (Å²) in [6.45, 7) is 2.20. The molecule has 0 heterocycles. The third-order valence-electron chi connectivity index (χ3n) is 4.10. The molecule has 0 radical (unpaired) electrons. The van der Waals surface area contributed by atoms with Crippen LogP contribution in [0.15, 0.2) is 24.3 Å². The number of nitrogens with zero attached hydrogens (tertiary/aromatic N) is 1. The molecule has 1 amide bonds. The summed E-state index contributed by atoms with van der Waals surface area (Å²) in [6, 6.07) is 5.85. The lowest BCUT2D eigenvalue weighted by molar-refractivity contribution is -0.148. The van der Waals surface area contributed by atoms with E-state index in [4.69, 9.17) is 0 Å². The molecule has 0 saturated heterocycles. The predicted molar refractivity (Wildman–Crippen MR) is 77.5 cm³/mol. The molecule has 21 heavy (non-hydrogen) atoms. The van der Waals surface area contributed by atoms with Gasteiger partial charge in [0.05, 0.1) is 11.8 Å². The SMILES string of the molecule is CCN(C(=O)[C@@H]1CCCC[C@@H]1C(=O)O)c1cccc(F)c1. The van der Waals surface area contributed by atoms with Gasteiger partial charge in [-0.05, 0) is 38.0 Å². The molecule has 4 nitrogen and oxygen atoms in total. The Morgan fingerprint density at radius 1 is 1.29 bits per heavy atom. The molecular weight excluding hydrogens is 273 g/mol. The largest absolute Gasteiger partial charge is 0.481 e. The van der Waals surface area contributed by atoms with Crippen molar-refractivity contribution in [2.75, 3.05) is 11.4 Å². The highest BCUT2D eigenvalue weighted by Crippen LogP contribution is 2.33. The fraction of sp³-hybridized carbons (Fsp3) is 0.500. The summed E-state index contributed by atoms with van der Waals surface area (Å²) in [5.74, 6) is -2.68. The van der Waals surface area contributed by atoms with Crippen LogP contribution < -0.4 is 4.90 Å². The molecule has 1 aliphatic carbocycles. The zero-order valence-corrected chi connectivity index (χ0v) is 12.1. The standard InChI is InChI=1S/C16H20FNO3/c1-2-18(12-7-5-6-11(17)10-12)15(19)13-8-3-4-9-14(13)16(20)21/h5-7,10,13-14H,2-4,8-9H2,1H3,(H,20,21)/t13-,14+/m1/s1. The number of anilines is 1. The lowest BCUT2D eigenvalue weighted by Gasteiger charge is -2.32. The number of hydrogen-bond donors (Lipinski definition) is 1. The van der Waals surface area contributed by atoms with E-state index in [0.717, 1.165) is 12.8 Å². The van der Waals surface area contributed by atoms with Crippen molar-refractivity contribution >= 4 is 17.6 Å². The Morgan fingerprint density at radius 3 is 2.52 bits per heavy atom. The number of carbonyl (C=O) groups excluding carboxylic acids is 1. The zero-order chi connectivity index (χ0) is 15.4. The first-order valence-electron chi connectivity index (χ1n) is 7.34. The second-order valence-electron chi connectivity index (χ2n) is 5.40. The second kappa shape index (κ2) is 6.70. The van der Waals surface area contributed by atoms with Crippen LogP contribution in [-0.4, -0.2) is 23.5 Å². The van der Waals surface area contributed by atoms with Crippen molar-refractivity contribution in [3.05, 3.63) is 30.1 Å². The van der Waals surface area contributed by atoms with E-state index in [9.17, 15) is 19.1 Å². The molecule has 1 fully saturated rings. The van der Waals surface area contributed by atoms with Crippen LogP contribution in [0, 0.1) is 17.7 Å². The number of carboxylic acid groups (broad SMARTS) is 1. The van der Waals surface area contributed by atoms with Crippen LogP contribution >= 0.6 is 0 Å². The van der Waals surface area contributed by atoms with Crippen LogP contribution in [0.4, 0.5) is 10.1 Å². The van der Waals surface area contributed by atoms with Crippen LogP contribution in [0.5, 0.6) is 0 Å². The van der Waals surface area contributed by atoms with E-state index in [1.54, 1.807) is 19.1 Å². The highest BCUT2D eigenvalue weighted by atomic mass is 19.1. The van der Waals surface area contributed by atoms with E-state index in [2.05, 4.69) is 0 Å². The van der Waals surface area contributed by atoms with Gasteiger partial charge >= 0.3 is 5.97 Å². The van der Waals surface area contributed by atoms with Crippen LogP contribution in [0.1, 0.15) is 32.6 Å². The Kier molecular flexibility index (Phi) is 4.94. The van der Waals surface area contributed by atoms with Gasteiger partial charge in [-0.25, -0.2) is 4.39 Å². The van der Waals surface area contributed by atoms with Gasteiger partial charge in [0.1, 0.15) is 5.82 Å². The summed E-state index contributed by atoms with van der Waals surface area (Å²) in [5.41, 5.74) is 0.484. The van der Waals surface area contributed by atoms with Gasteiger partial charge in [0.2, 0.25) is 5.91 Å². The van der Waals surface area contributed by atoms with Gasteiger partial charge in [0, 0.05) is 12.2 Å². The van der Waals surface area contributed by atoms with Gasteiger partial charge in [0.25, 0.3) is 0 Å². The number of hydrogen-bond acceptors (Lipinski definition) is 2. The van der Waals surface area contributed by atoms with Crippen molar-refractivity contribution in [3.8, 4) is 0 Å². The first-order valence-corrected chi connectivity index (χ1v) is 7.34. The van der Waals surface area contributed by atoms with Crippen LogP contribution in [0.3, 0.4) is 0 Å². The van der Waals surface area contributed by atoms with Crippen molar-refractivity contribution in [1.29, 1.82) is 0 Å². The predicted octanol–water partition coefficient (Wildman–Crippen LogP) is 3.07. The summed E-state index contributed by atoms with van der Waals surface area (Å²) in [6.07, 6.45) is 2.82. The number of carboxylic acids is 1. The Hall–Kier alpha value is -1.91. The molecule has 2 atom stereocenters. The van der Waals surface area contributed by atoms with E-state index < -0.39 is 23.6 Å². The summed E-state index contributed by atoms with van der Waals surface area (Å²) in [5, 5.41) is 9.30. The molecule has 0 spiro atoms. The second-order valence-corrected chi connectivity index (χ2v) is 5.40. The third kappa shape index (κ3) is 3.40. The van der Waals surface area contributed by atoms with Gasteiger partial charge < -0.3 is 10.0 Å². The van der Waals surface area contributed by atoms with Crippen molar-refractivity contribution < 1.29 is 19.1 Å². The van der Waals surface area contributed by atoms with E-state index in [-0.39, 0.29) is 5.91 Å². The van der Waals surface area contributed by atoms with E-state index in [1.165, 1.54) is 17.0 Å². The highest BCUT2D eigenvalue weighted by Gasteiger charge is 2.37. The van der Waals surface area contributed by atoms with E-state index in [1.807, 2.05) is 0 Å². The topological polar surface area (TPSA) is 57.6 Å². The van der Waals surface area contributed by atoms with Crippen molar-refractivity contribution in [2.24, 2.45) is 11.8 Å². The van der Waals surface area contributed by atoms with Crippen LogP contribution in [0.2, 0.25) is 0 Å². The van der Waals surface area contributed by atoms with Crippen molar-refractivity contribution in [1.82, 2.24) is 0 Å². The maximum atomic E-state index is 13.3. The van der Waals surface area contributed by atoms with Gasteiger partial charge in [0.15, 0.2) is 0 Å². The summed E-state index contributed by atoms with van der Waals surface area (Å²) in [4.78, 5) is 25.5. The average molecular weight is 293 g/mol. The maximum absolute atomic E-state index is 13.3. The van der Waals surface area contributed by atoms with Gasteiger partial charge in [-0.2, -0.15) is 0 Å². The Labute approximate surface area is 123 Å². The number of amides is 1. The first kappa shape index (κ1) is 15.5. The van der Waals surface area contributed by atoms with E-state index in [0.29, 0.717) is 25.1 Å². The third-order valence-corrected chi connectivity index (χ3v) is 4.10. The molecule has 1 aromatic rings. The molecule has 1 saturated carbocycles. The van der Waals surface area contributed by atoms with E-state index >= 15 is 0 Å². The normalized spacial score (nSPS) is 21.8. The summed E-state index contributed by atoms with van der Waals surface area (Å²) >= 11 is 0. The molecule has 0 unspecified atom stereocenters. The average Bonchev–Trinajstić information content (AvgIpc) is 2.48. The van der Waals surface area contributed by atoms with Crippen LogP contribution in [0.25, 0.3) is 0 Å². The molecule has 0 aliphatic heterocycles.